The van der Waals surface area contributed by atoms with Gasteiger partial charge in [0.2, 0.25) is 5.91 Å². The molecule has 1 fully saturated rings. The average Bonchev–Trinajstić information content (AvgIpc) is 3.46. The molecule has 0 bridgehead atoms. The van der Waals surface area contributed by atoms with Gasteiger partial charge in [0.05, 0.1) is 18.5 Å². The van der Waals surface area contributed by atoms with E-state index in [2.05, 4.69) is 10.4 Å². The molecule has 2 amide bonds. The first-order chi connectivity index (χ1) is 16.5. The third-order valence-corrected chi connectivity index (χ3v) is 6.95. The van der Waals surface area contributed by atoms with E-state index in [9.17, 15) is 14.0 Å². The van der Waals surface area contributed by atoms with Gasteiger partial charge in [0.25, 0.3) is 5.91 Å². The molecule has 2 aromatic heterocycles. The number of rotatable bonds is 4. The van der Waals surface area contributed by atoms with Crippen LogP contribution in [0.25, 0.3) is 11.5 Å². The average molecular weight is 465 g/mol. The predicted molar refractivity (Wildman–Crippen MR) is 126 cm³/mol. The summed E-state index contributed by atoms with van der Waals surface area (Å²) in [7, 11) is 0. The number of aromatic nitrogens is 2. The Bertz CT molecular complexity index is 1180. The minimum atomic E-state index is -1.36. The number of anilines is 1. The molecule has 0 saturated heterocycles. The fourth-order valence-corrected chi connectivity index (χ4v) is 5.08. The minimum absolute atomic E-state index is 0.0416. The minimum Gasteiger partial charge on any atom is -0.463 e. The molecule has 2 aliphatic rings. The lowest BCUT2D eigenvalue weighted by molar-refractivity contribution is -0.127. The lowest BCUT2D eigenvalue weighted by Crippen LogP contribution is -2.65. The SMILES string of the molecule is CC1(C(=O)NC2CCCCCCC2)Cn2nc(-c3ccco3)cc2C(=O)N1c1ccccc1F. The summed E-state index contributed by atoms with van der Waals surface area (Å²) in [5.41, 5.74) is -0.506. The van der Waals surface area contributed by atoms with Gasteiger partial charge in [-0.05, 0) is 44.0 Å². The van der Waals surface area contributed by atoms with Gasteiger partial charge in [-0.25, -0.2) is 4.39 Å². The Kier molecular flexibility index (Phi) is 5.98. The summed E-state index contributed by atoms with van der Waals surface area (Å²) in [6, 6.07) is 11.2. The molecule has 0 spiro atoms. The van der Waals surface area contributed by atoms with Crippen molar-refractivity contribution in [2.24, 2.45) is 0 Å². The van der Waals surface area contributed by atoms with E-state index in [1.54, 1.807) is 37.3 Å². The molecule has 1 N–H and O–H groups in total. The van der Waals surface area contributed by atoms with Crippen molar-refractivity contribution in [3.8, 4) is 11.5 Å². The second-order valence-corrected chi connectivity index (χ2v) is 9.43. The van der Waals surface area contributed by atoms with E-state index >= 15 is 0 Å². The van der Waals surface area contributed by atoms with Crippen LogP contribution in [0.4, 0.5) is 10.1 Å². The van der Waals surface area contributed by atoms with Gasteiger partial charge in [-0.15, -0.1) is 0 Å². The zero-order chi connectivity index (χ0) is 23.7. The van der Waals surface area contributed by atoms with Crippen molar-refractivity contribution < 1.29 is 18.4 Å². The van der Waals surface area contributed by atoms with Gasteiger partial charge in [-0.3, -0.25) is 19.2 Å². The van der Waals surface area contributed by atoms with Gasteiger partial charge in [0.1, 0.15) is 22.7 Å². The van der Waals surface area contributed by atoms with Crippen LogP contribution in [-0.2, 0) is 11.3 Å². The molecule has 1 aromatic carbocycles. The van der Waals surface area contributed by atoms with Crippen molar-refractivity contribution in [1.29, 1.82) is 0 Å². The number of amides is 2. The monoisotopic (exact) mass is 464 g/mol. The van der Waals surface area contributed by atoms with Crippen molar-refractivity contribution in [2.45, 2.75) is 70.0 Å². The van der Waals surface area contributed by atoms with Crippen LogP contribution in [0.3, 0.4) is 0 Å². The van der Waals surface area contributed by atoms with E-state index in [0.29, 0.717) is 11.5 Å². The summed E-state index contributed by atoms with van der Waals surface area (Å²) in [4.78, 5) is 28.8. The highest BCUT2D eigenvalue weighted by molar-refractivity contribution is 6.12. The van der Waals surface area contributed by atoms with Gasteiger partial charge < -0.3 is 9.73 Å². The highest BCUT2D eigenvalue weighted by Crippen LogP contribution is 2.35. The summed E-state index contributed by atoms with van der Waals surface area (Å²) in [5.74, 6) is -0.805. The van der Waals surface area contributed by atoms with Gasteiger partial charge in [-0.1, -0.05) is 44.2 Å². The molecule has 1 saturated carbocycles. The summed E-state index contributed by atoms with van der Waals surface area (Å²) < 4.78 is 21.9. The molecule has 34 heavy (non-hydrogen) atoms. The normalized spacial score (nSPS) is 21.6. The number of nitrogens with zero attached hydrogens (tertiary/aromatic N) is 3. The number of halogens is 1. The standard InChI is InChI=1S/C26H29FN4O3/c1-26(25(33)28-18-10-5-3-2-4-6-11-18)17-30-22(16-20(29-30)23-14-9-15-34-23)24(32)31(26)21-13-8-7-12-19(21)27/h7-9,12-16,18H,2-6,10-11,17H2,1H3,(H,28,33). The molecule has 5 rings (SSSR count). The van der Waals surface area contributed by atoms with E-state index in [4.69, 9.17) is 4.42 Å². The van der Waals surface area contributed by atoms with Gasteiger partial charge in [-0.2, -0.15) is 5.10 Å². The second kappa shape index (κ2) is 9.08. The van der Waals surface area contributed by atoms with Crippen LogP contribution >= 0.6 is 0 Å². The Labute approximate surface area is 197 Å². The largest absolute Gasteiger partial charge is 0.463 e. The van der Waals surface area contributed by atoms with E-state index in [0.717, 1.165) is 38.5 Å². The van der Waals surface area contributed by atoms with Gasteiger partial charge in [0.15, 0.2) is 5.76 Å². The van der Waals surface area contributed by atoms with Crippen molar-refractivity contribution in [1.82, 2.24) is 15.1 Å². The first-order valence-corrected chi connectivity index (χ1v) is 12.0. The smallest absolute Gasteiger partial charge is 0.277 e. The van der Waals surface area contributed by atoms with E-state index < -0.39 is 17.3 Å². The maximum Gasteiger partial charge on any atom is 0.277 e. The number of hydrogen-bond donors (Lipinski definition) is 1. The Morgan fingerprint density at radius 2 is 1.85 bits per heavy atom. The number of furan rings is 1. The Morgan fingerprint density at radius 3 is 2.56 bits per heavy atom. The van der Waals surface area contributed by atoms with E-state index in [1.807, 2.05) is 0 Å². The number of carbonyl (C=O) groups excluding carboxylic acids is 2. The van der Waals surface area contributed by atoms with Gasteiger partial charge >= 0.3 is 0 Å². The molecule has 1 unspecified atom stereocenters. The van der Waals surface area contributed by atoms with Crippen LogP contribution in [0.15, 0.2) is 53.1 Å². The molecular formula is C26H29FN4O3. The number of nitrogens with one attached hydrogen (secondary N) is 1. The van der Waals surface area contributed by atoms with Crippen LogP contribution in [0, 0.1) is 5.82 Å². The quantitative estimate of drug-likeness (QED) is 0.594. The lowest BCUT2D eigenvalue weighted by atomic mass is 9.91. The van der Waals surface area contributed by atoms with Gasteiger partial charge in [0, 0.05) is 12.1 Å². The van der Waals surface area contributed by atoms with Crippen LogP contribution < -0.4 is 10.2 Å². The molecule has 3 aromatic rings. The molecule has 1 aliphatic heterocycles. The van der Waals surface area contributed by atoms with Crippen LogP contribution in [-0.4, -0.2) is 33.2 Å². The number of hydrogen-bond acceptors (Lipinski definition) is 4. The molecule has 8 heteroatoms. The van der Waals surface area contributed by atoms with E-state index in [-0.39, 0.29) is 29.9 Å². The van der Waals surface area contributed by atoms with Crippen molar-refractivity contribution >= 4 is 17.5 Å². The number of benzene rings is 1. The highest BCUT2D eigenvalue weighted by Gasteiger charge is 2.50. The molecule has 1 atom stereocenters. The van der Waals surface area contributed by atoms with Crippen molar-refractivity contribution in [2.75, 3.05) is 4.90 Å². The third-order valence-electron chi connectivity index (χ3n) is 6.95. The highest BCUT2D eigenvalue weighted by atomic mass is 19.1. The predicted octanol–water partition coefficient (Wildman–Crippen LogP) is 4.93. The Hall–Kier alpha value is -3.42. The topological polar surface area (TPSA) is 80.4 Å². The fourth-order valence-electron chi connectivity index (χ4n) is 5.08. The number of fused-ring (bicyclic) bond motifs is 1. The Morgan fingerprint density at radius 1 is 1.12 bits per heavy atom. The van der Waals surface area contributed by atoms with Crippen molar-refractivity contribution in [3.05, 3.63) is 60.2 Å². The molecule has 1 aliphatic carbocycles. The number of para-hydroxylation sites is 1. The zero-order valence-corrected chi connectivity index (χ0v) is 19.3. The van der Waals surface area contributed by atoms with Crippen LogP contribution in [0.5, 0.6) is 0 Å². The maximum absolute atomic E-state index is 15.0. The molecule has 0 radical (unpaired) electrons. The van der Waals surface area contributed by atoms with Crippen LogP contribution in [0.1, 0.15) is 62.4 Å². The van der Waals surface area contributed by atoms with E-state index in [1.165, 1.54) is 34.4 Å². The maximum atomic E-state index is 15.0. The summed E-state index contributed by atoms with van der Waals surface area (Å²) >= 11 is 0. The summed E-state index contributed by atoms with van der Waals surface area (Å²) in [6.45, 7) is 1.79. The third kappa shape index (κ3) is 4.02. The zero-order valence-electron chi connectivity index (χ0n) is 19.3. The molecular weight excluding hydrogens is 435 g/mol. The first kappa shape index (κ1) is 22.4. The number of carbonyl (C=O) groups is 2. The fraction of sp³-hybridized carbons (Fsp3) is 0.423. The lowest BCUT2D eigenvalue weighted by Gasteiger charge is -2.43. The molecule has 3 heterocycles. The summed E-state index contributed by atoms with van der Waals surface area (Å²) in [6.07, 6.45) is 9.03. The van der Waals surface area contributed by atoms with Crippen molar-refractivity contribution in [3.63, 3.8) is 0 Å². The summed E-state index contributed by atoms with van der Waals surface area (Å²) in [5, 5.41) is 7.73. The first-order valence-electron chi connectivity index (χ1n) is 12.0. The molecule has 178 valence electrons. The van der Waals surface area contributed by atoms with Crippen LogP contribution in [0.2, 0.25) is 0 Å². The molecule has 7 nitrogen and oxygen atoms in total. The second-order valence-electron chi connectivity index (χ2n) is 9.43. The Balaban J connectivity index is 1.53.